The van der Waals surface area contributed by atoms with Crippen LogP contribution in [0.1, 0.15) is 26.3 Å². The van der Waals surface area contributed by atoms with E-state index in [1.54, 1.807) is 20.8 Å². The predicted octanol–water partition coefficient (Wildman–Crippen LogP) is 3.79. The Labute approximate surface area is 186 Å². The van der Waals surface area contributed by atoms with Crippen LogP contribution in [0.5, 0.6) is 5.75 Å². The van der Waals surface area contributed by atoms with E-state index in [0.29, 0.717) is 6.61 Å². The number of nitro benzene ring substituents is 1. The molecule has 2 amide bonds. The smallest absolute Gasteiger partial charge is 0.412 e. The van der Waals surface area contributed by atoms with E-state index in [0.717, 1.165) is 5.56 Å². The van der Waals surface area contributed by atoms with Crippen LogP contribution in [0.3, 0.4) is 0 Å². The quantitative estimate of drug-likeness (QED) is 0.444. The molecule has 10 nitrogen and oxygen atoms in total. The molecule has 2 rings (SSSR count). The number of hydrogen-bond acceptors (Lipinski definition) is 7. The van der Waals surface area contributed by atoms with Gasteiger partial charge in [-0.05, 0) is 38.5 Å². The van der Waals surface area contributed by atoms with Crippen LogP contribution < -0.4 is 15.4 Å². The van der Waals surface area contributed by atoms with Crippen LogP contribution in [0, 0.1) is 10.1 Å². The van der Waals surface area contributed by atoms with Crippen molar-refractivity contribution in [2.75, 3.05) is 13.2 Å². The molecule has 2 aromatic carbocycles. The Morgan fingerprint density at radius 2 is 1.69 bits per heavy atom. The van der Waals surface area contributed by atoms with Gasteiger partial charge in [0.25, 0.3) is 5.69 Å². The molecule has 0 aromatic heterocycles. The minimum atomic E-state index is -0.780. The average Bonchev–Trinajstić information content (AvgIpc) is 2.71. The van der Waals surface area contributed by atoms with E-state index < -0.39 is 28.8 Å². The molecule has 10 heteroatoms. The highest BCUT2D eigenvalue weighted by atomic mass is 16.6. The fourth-order valence-electron chi connectivity index (χ4n) is 2.50. The van der Waals surface area contributed by atoms with Crippen LogP contribution >= 0.6 is 0 Å². The molecule has 0 radical (unpaired) electrons. The Hall–Kier alpha value is -3.66. The first-order valence-corrected chi connectivity index (χ1v) is 9.94. The van der Waals surface area contributed by atoms with Crippen LogP contribution in [0.4, 0.5) is 15.3 Å². The summed E-state index contributed by atoms with van der Waals surface area (Å²) in [6, 6.07) is 14.0. The summed E-state index contributed by atoms with van der Waals surface area (Å²) >= 11 is 0. The summed E-state index contributed by atoms with van der Waals surface area (Å²) in [7, 11) is 0. The maximum absolute atomic E-state index is 12.1. The van der Waals surface area contributed by atoms with Crippen molar-refractivity contribution in [2.45, 2.75) is 39.0 Å². The van der Waals surface area contributed by atoms with E-state index >= 15 is 0 Å². The molecule has 0 saturated heterocycles. The molecule has 0 heterocycles. The fraction of sp³-hybridized carbons (Fsp3) is 0.364. The minimum absolute atomic E-state index is 0.0137. The van der Waals surface area contributed by atoms with Gasteiger partial charge >= 0.3 is 12.2 Å². The third-order valence-corrected chi connectivity index (χ3v) is 3.90. The lowest BCUT2D eigenvalue weighted by Gasteiger charge is -2.24. The number of carbonyl (C=O) groups is 2. The van der Waals surface area contributed by atoms with Crippen molar-refractivity contribution in [1.29, 1.82) is 0 Å². The van der Waals surface area contributed by atoms with Crippen LogP contribution in [-0.2, 0) is 16.1 Å². The Morgan fingerprint density at radius 3 is 2.28 bits per heavy atom. The molecular weight excluding hydrogens is 418 g/mol. The lowest BCUT2D eigenvalue weighted by molar-refractivity contribution is -0.384. The summed E-state index contributed by atoms with van der Waals surface area (Å²) in [6.45, 7) is 5.69. The van der Waals surface area contributed by atoms with Gasteiger partial charge in [0, 0.05) is 18.7 Å². The van der Waals surface area contributed by atoms with Crippen LogP contribution in [-0.4, -0.2) is 41.9 Å². The molecule has 0 aliphatic heterocycles. The first-order chi connectivity index (χ1) is 15.1. The van der Waals surface area contributed by atoms with Crippen molar-refractivity contribution in [3.05, 3.63) is 70.3 Å². The molecule has 0 spiro atoms. The molecule has 0 unspecified atom stereocenters. The lowest BCUT2D eigenvalue weighted by atomic mass is 10.2. The van der Waals surface area contributed by atoms with Gasteiger partial charge in [0.1, 0.15) is 11.4 Å². The maximum atomic E-state index is 12.1. The second-order valence-electron chi connectivity index (χ2n) is 7.87. The molecule has 2 N–H and O–H groups in total. The summed E-state index contributed by atoms with van der Waals surface area (Å²) in [5.74, 6) is 0.144. The second-order valence-corrected chi connectivity index (χ2v) is 7.87. The van der Waals surface area contributed by atoms with E-state index in [4.69, 9.17) is 14.2 Å². The average molecular weight is 445 g/mol. The van der Waals surface area contributed by atoms with Crippen LogP contribution in [0.15, 0.2) is 54.6 Å². The molecule has 0 aliphatic carbocycles. The van der Waals surface area contributed by atoms with E-state index in [1.807, 2.05) is 30.3 Å². The zero-order valence-electron chi connectivity index (χ0n) is 18.2. The van der Waals surface area contributed by atoms with Crippen molar-refractivity contribution in [2.24, 2.45) is 0 Å². The van der Waals surface area contributed by atoms with Gasteiger partial charge in [-0.2, -0.15) is 0 Å². The SMILES string of the molecule is CC(C)(C)OC(=O)N[C@@H](CNC(=O)Oc1ccc([N+](=O)[O-])cc1)COCc1ccccc1. The Morgan fingerprint density at radius 1 is 1.03 bits per heavy atom. The van der Waals surface area contributed by atoms with Crippen LogP contribution in [0.25, 0.3) is 0 Å². The number of nitrogens with one attached hydrogen (secondary N) is 2. The van der Waals surface area contributed by atoms with Crippen molar-refractivity contribution >= 4 is 17.9 Å². The molecule has 0 saturated carbocycles. The number of ether oxygens (including phenoxy) is 3. The van der Waals surface area contributed by atoms with Gasteiger partial charge in [0.05, 0.1) is 24.2 Å². The lowest BCUT2D eigenvalue weighted by Crippen LogP contribution is -2.48. The molecular formula is C22H27N3O7. The number of rotatable bonds is 9. The van der Waals surface area contributed by atoms with Gasteiger partial charge in [0.15, 0.2) is 0 Å². The third kappa shape index (κ3) is 9.43. The van der Waals surface area contributed by atoms with Crippen molar-refractivity contribution in [3.63, 3.8) is 0 Å². The van der Waals surface area contributed by atoms with E-state index in [-0.39, 0.29) is 24.6 Å². The maximum Gasteiger partial charge on any atom is 0.412 e. The number of non-ortho nitro benzene ring substituents is 1. The van der Waals surface area contributed by atoms with Gasteiger partial charge in [-0.3, -0.25) is 10.1 Å². The standard InChI is InChI=1S/C22H27N3O7/c1-22(2,3)32-21(27)24-17(15-30-14-16-7-5-4-6-8-16)13-23-20(26)31-19-11-9-18(10-12-19)25(28)29/h4-12,17H,13-15H2,1-3H3,(H,23,26)(H,24,27)/t17-/m0/s1. The normalized spacial score (nSPS) is 11.8. The van der Waals surface area contributed by atoms with E-state index in [1.165, 1.54) is 24.3 Å². The highest BCUT2D eigenvalue weighted by Gasteiger charge is 2.20. The second kappa shape index (κ2) is 11.7. The third-order valence-electron chi connectivity index (χ3n) is 3.90. The molecule has 1 atom stereocenters. The molecule has 32 heavy (non-hydrogen) atoms. The van der Waals surface area contributed by atoms with Gasteiger partial charge < -0.3 is 24.8 Å². The number of carbonyl (C=O) groups excluding carboxylic acids is 2. The van der Waals surface area contributed by atoms with Crippen LogP contribution in [0.2, 0.25) is 0 Å². The number of amides is 2. The Kier molecular flexibility index (Phi) is 8.96. The Balaban J connectivity index is 1.89. The number of hydrogen-bond donors (Lipinski definition) is 2. The number of nitrogens with zero attached hydrogens (tertiary/aromatic N) is 1. The Bertz CT molecular complexity index is 896. The fourth-order valence-corrected chi connectivity index (χ4v) is 2.50. The highest BCUT2D eigenvalue weighted by Crippen LogP contribution is 2.17. The highest BCUT2D eigenvalue weighted by molar-refractivity contribution is 5.71. The predicted molar refractivity (Wildman–Crippen MR) is 116 cm³/mol. The number of alkyl carbamates (subject to hydrolysis) is 1. The largest absolute Gasteiger partial charge is 0.444 e. The van der Waals surface area contributed by atoms with Crippen molar-refractivity contribution in [3.8, 4) is 5.75 Å². The number of nitro groups is 1. The zero-order chi connectivity index (χ0) is 23.6. The topological polar surface area (TPSA) is 129 Å². The molecule has 0 fully saturated rings. The summed E-state index contributed by atoms with van der Waals surface area (Å²) in [5, 5.41) is 15.9. The summed E-state index contributed by atoms with van der Waals surface area (Å²) in [5.41, 5.74) is 0.172. The first kappa shape index (κ1) is 24.6. The minimum Gasteiger partial charge on any atom is -0.444 e. The monoisotopic (exact) mass is 445 g/mol. The van der Waals surface area contributed by atoms with Gasteiger partial charge in [-0.1, -0.05) is 30.3 Å². The van der Waals surface area contributed by atoms with E-state index in [9.17, 15) is 19.7 Å². The summed E-state index contributed by atoms with van der Waals surface area (Å²) in [4.78, 5) is 34.4. The molecule has 172 valence electrons. The molecule has 0 aliphatic rings. The first-order valence-electron chi connectivity index (χ1n) is 9.94. The van der Waals surface area contributed by atoms with Crippen molar-refractivity contribution < 1.29 is 28.7 Å². The van der Waals surface area contributed by atoms with Gasteiger partial charge in [-0.25, -0.2) is 9.59 Å². The zero-order valence-corrected chi connectivity index (χ0v) is 18.2. The van der Waals surface area contributed by atoms with E-state index in [2.05, 4.69) is 10.6 Å². The summed E-state index contributed by atoms with van der Waals surface area (Å²) < 4.78 is 16.0. The number of benzene rings is 2. The molecule has 2 aromatic rings. The summed E-state index contributed by atoms with van der Waals surface area (Å²) in [6.07, 6.45) is -1.42. The molecule has 0 bridgehead atoms. The van der Waals surface area contributed by atoms with Crippen molar-refractivity contribution in [1.82, 2.24) is 10.6 Å². The van der Waals surface area contributed by atoms with Gasteiger partial charge in [-0.15, -0.1) is 0 Å². The van der Waals surface area contributed by atoms with Gasteiger partial charge in [0.2, 0.25) is 0 Å².